The molecule has 0 spiro atoms. The van der Waals surface area contributed by atoms with Crippen molar-refractivity contribution in [2.24, 2.45) is 5.92 Å². The van der Waals surface area contributed by atoms with Crippen molar-refractivity contribution in [1.82, 2.24) is 4.90 Å². The lowest BCUT2D eigenvalue weighted by atomic mass is 9.96. The van der Waals surface area contributed by atoms with E-state index < -0.39 is 0 Å². The number of aldehydes is 1. The molecule has 0 aliphatic carbocycles. The molecule has 0 radical (unpaired) electrons. The van der Waals surface area contributed by atoms with Gasteiger partial charge in [0.1, 0.15) is 6.29 Å². The number of rotatable bonds is 2. The van der Waals surface area contributed by atoms with E-state index in [9.17, 15) is 9.59 Å². The van der Waals surface area contributed by atoms with E-state index in [1.807, 2.05) is 13.0 Å². The molecule has 1 atom stereocenters. The highest BCUT2D eigenvalue weighted by Crippen LogP contribution is 2.20. The van der Waals surface area contributed by atoms with E-state index in [1.54, 1.807) is 12.4 Å². The summed E-state index contributed by atoms with van der Waals surface area (Å²) in [5.74, 6) is 0.0817. The molecule has 0 bridgehead atoms. The summed E-state index contributed by atoms with van der Waals surface area (Å²) in [7, 11) is 0. The van der Waals surface area contributed by atoms with Crippen molar-refractivity contribution >= 4 is 12.2 Å². The third kappa shape index (κ3) is 2.05. The molecule has 1 rings (SSSR count). The molecule has 3 nitrogen and oxygen atoms in total. The van der Waals surface area contributed by atoms with Crippen molar-refractivity contribution in [3.63, 3.8) is 0 Å². The molecule has 0 saturated carbocycles. The lowest BCUT2D eigenvalue weighted by Crippen LogP contribution is -2.22. The molecule has 0 aromatic heterocycles. The Hall–Kier alpha value is -1.38. The van der Waals surface area contributed by atoms with Crippen LogP contribution in [0.15, 0.2) is 24.0 Å². The van der Waals surface area contributed by atoms with E-state index in [2.05, 4.69) is 0 Å². The van der Waals surface area contributed by atoms with Crippen LogP contribution < -0.4 is 0 Å². The lowest BCUT2D eigenvalue weighted by molar-refractivity contribution is -0.124. The second kappa shape index (κ2) is 4.03. The molecule has 1 aliphatic heterocycles. The fourth-order valence-electron chi connectivity index (χ4n) is 1.29. The van der Waals surface area contributed by atoms with Gasteiger partial charge in [-0.3, -0.25) is 14.5 Å². The Morgan fingerprint density at radius 3 is 2.85 bits per heavy atom. The van der Waals surface area contributed by atoms with Gasteiger partial charge in [0.2, 0.25) is 5.91 Å². The highest BCUT2D eigenvalue weighted by atomic mass is 16.2. The van der Waals surface area contributed by atoms with E-state index in [-0.39, 0.29) is 11.8 Å². The quantitative estimate of drug-likeness (QED) is 0.602. The van der Waals surface area contributed by atoms with Crippen LogP contribution in [-0.2, 0) is 9.59 Å². The predicted octanol–water partition coefficient (Wildman–Crippen LogP) is 1.47. The minimum Gasteiger partial charge on any atom is -0.298 e. The minimum absolute atomic E-state index is 0.0786. The third-order valence-electron chi connectivity index (χ3n) is 2.13. The highest BCUT2D eigenvalue weighted by Gasteiger charge is 2.15. The van der Waals surface area contributed by atoms with E-state index in [1.165, 1.54) is 11.8 Å². The zero-order valence-electron chi connectivity index (χ0n) is 7.86. The zero-order valence-corrected chi connectivity index (χ0v) is 7.86. The first-order chi connectivity index (χ1) is 6.19. The number of nitrogens with zero attached hydrogens (tertiary/aromatic N) is 1. The van der Waals surface area contributed by atoms with Gasteiger partial charge in [-0.25, -0.2) is 0 Å². The lowest BCUT2D eigenvalue weighted by Gasteiger charge is -2.21. The molecule has 0 aromatic carbocycles. The predicted molar refractivity (Wildman–Crippen MR) is 49.6 cm³/mol. The van der Waals surface area contributed by atoms with Crippen molar-refractivity contribution in [2.75, 3.05) is 0 Å². The van der Waals surface area contributed by atoms with Crippen LogP contribution in [-0.4, -0.2) is 17.1 Å². The van der Waals surface area contributed by atoms with Gasteiger partial charge >= 0.3 is 0 Å². The summed E-state index contributed by atoms with van der Waals surface area (Å²) < 4.78 is 0. The molecule has 1 aliphatic rings. The average molecular weight is 179 g/mol. The standard InChI is InChI=1S/C10H13NO2/c1-3-9-4-5-11(8(2)13)6-10(9)7-12/h4-7,9H,3H2,1-2H3/t9-/m1/s1. The molecule has 1 heterocycles. The number of carbonyl (C=O) groups is 2. The molecule has 13 heavy (non-hydrogen) atoms. The van der Waals surface area contributed by atoms with Gasteiger partial charge in [-0.1, -0.05) is 13.0 Å². The SMILES string of the molecule is CC[C@@H]1C=CN(C(C)=O)C=C1C=O. The smallest absolute Gasteiger partial charge is 0.227 e. The summed E-state index contributed by atoms with van der Waals surface area (Å²) in [5.41, 5.74) is 0.667. The molecule has 70 valence electrons. The summed E-state index contributed by atoms with van der Waals surface area (Å²) in [5, 5.41) is 0. The van der Waals surface area contributed by atoms with Crippen LogP contribution in [0, 0.1) is 5.92 Å². The first-order valence-corrected chi connectivity index (χ1v) is 4.33. The van der Waals surface area contributed by atoms with Gasteiger partial charge in [0.15, 0.2) is 0 Å². The van der Waals surface area contributed by atoms with Crippen molar-refractivity contribution in [1.29, 1.82) is 0 Å². The Morgan fingerprint density at radius 1 is 1.69 bits per heavy atom. The Labute approximate surface area is 77.7 Å². The fraction of sp³-hybridized carbons (Fsp3) is 0.400. The molecule has 0 N–H and O–H groups in total. The molecule has 0 unspecified atom stereocenters. The number of hydrogen-bond acceptors (Lipinski definition) is 2. The van der Waals surface area contributed by atoms with Crippen LogP contribution in [0.1, 0.15) is 20.3 Å². The Bertz CT molecular complexity index is 279. The molecular weight excluding hydrogens is 166 g/mol. The summed E-state index contributed by atoms with van der Waals surface area (Å²) in [6, 6.07) is 0. The van der Waals surface area contributed by atoms with Crippen molar-refractivity contribution in [3.05, 3.63) is 24.0 Å². The number of allylic oxidation sites excluding steroid dienone is 2. The van der Waals surface area contributed by atoms with Gasteiger partial charge in [0.25, 0.3) is 0 Å². The van der Waals surface area contributed by atoms with E-state index in [4.69, 9.17) is 0 Å². The maximum atomic E-state index is 11.0. The maximum Gasteiger partial charge on any atom is 0.227 e. The highest BCUT2D eigenvalue weighted by molar-refractivity contribution is 5.80. The third-order valence-corrected chi connectivity index (χ3v) is 2.13. The monoisotopic (exact) mass is 179 g/mol. The van der Waals surface area contributed by atoms with Crippen molar-refractivity contribution < 1.29 is 9.59 Å². The normalized spacial score (nSPS) is 21.2. The largest absolute Gasteiger partial charge is 0.298 e. The second-order valence-corrected chi connectivity index (χ2v) is 3.03. The average Bonchev–Trinajstić information content (AvgIpc) is 2.16. The van der Waals surface area contributed by atoms with Gasteiger partial charge in [0, 0.05) is 30.8 Å². The first kappa shape index (κ1) is 9.71. The topological polar surface area (TPSA) is 37.4 Å². The second-order valence-electron chi connectivity index (χ2n) is 3.03. The van der Waals surface area contributed by atoms with Crippen LogP contribution in [0.2, 0.25) is 0 Å². The maximum absolute atomic E-state index is 11.0. The van der Waals surface area contributed by atoms with Crippen LogP contribution in [0.4, 0.5) is 0 Å². The first-order valence-electron chi connectivity index (χ1n) is 4.33. The Morgan fingerprint density at radius 2 is 2.38 bits per heavy atom. The summed E-state index contributed by atoms with van der Waals surface area (Å²) in [6.45, 7) is 3.48. The van der Waals surface area contributed by atoms with Gasteiger partial charge in [-0.15, -0.1) is 0 Å². The molecule has 1 amide bonds. The fourth-order valence-corrected chi connectivity index (χ4v) is 1.29. The van der Waals surface area contributed by atoms with Crippen molar-refractivity contribution in [2.45, 2.75) is 20.3 Å². The Balaban J connectivity index is 2.85. The van der Waals surface area contributed by atoms with Crippen LogP contribution in [0.25, 0.3) is 0 Å². The number of hydrogen-bond donors (Lipinski definition) is 0. The van der Waals surface area contributed by atoms with Gasteiger partial charge in [0.05, 0.1) is 0 Å². The van der Waals surface area contributed by atoms with E-state index >= 15 is 0 Å². The van der Waals surface area contributed by atoms with Gasteiger partial charge in [-0.2, -0.15) is 0 Å². The number of carbonyl (C=O) groups excluding carboxylic acids is 2. The van der Waals surface area contributed by atoms with Crippen molar-refractivity contribution in [3.8, 4) is 0 Å². The van der Waals surface area contributed by atoms with Gasteiger partial charge < -0.3 is 0 Å². The summed E-state index contributed by atoms with van der Waals surface area (Å²) in [4.78, 5) is 23.1. The molecule has 0 fully saturated rings. The molecule has 0 saturated heterocycles. The number of amides is 1. The Kier molecular flexibility index (Phi) is 3.01. The minimum atomic E-state index is -0.0786. The van der Waals surface area contributed by atoms with Crippen LogP contribution >= 0.6 is 0 Å². The summed E-state index contributed by atoms with van der Waals surface area (Å²) in [6.07, 6.45) is 6.89. The zero-order chi connectivity index (χ0) is 9.84. The summed E-state index contributed by atoms with van der Waals surface area (Å²) >= 11 is 0. The van der Waals surface area contributed by atoms with Crippen LogP contribution in [0.5, 0.6) is 0 Å². The van der Waals surface area contributed by atoms with Gasteiger partial charge in [-0.05, 0) is 6.42 Å². The van der Waals surface area contributed by atoms with E-state index in [0.717, 1.165) is 12.7 Å². The van der Waals surface area contributed by atoms with Crippen LogP contribution in [0.3, 0.4) is 0 Å². The molecule has 0 aromatic rings. The van der Waals surface area contributed by atoms with E-state index in [0.29, 0.717) is 5.57 Å². The molecular formula is C10H13NO2. The molecule has 3 heteroatoms.